The van der Waals surface area contributed by atoms with E-state index in [9.17, 15) is 4.79 Å². The molecular weight excluding hydrogens is 396 g/mol. The topological polar surface area (TPSA) is 101 Å². The Bertz CT molecular complexity index is 1430. The number of hydrogen-bond acceptors (Lipinski definition) is 7. The monoisotopic (exact) mass is 414 g/mol. The van der Waals surface area contributed by atoms with E-state index in [1.165, 1.54) is 17.1 Å². The predicted molar refractivity (Wildman–Crippen MR) is 113 cm³/mol. The molecule has 0 aliphatic carbocycles. The first-order valence-electron chi connectivity index (χ1n) is 9.60. The van der Waals surface area contributed by atoms with Gasteiger partial charge in [-0.3, -0.25) is 9.36 Å². The first-order valence-corrected chi connectivity index (χ1v) is 9.60. The molecule has 0 fully saturated rings. The van der Waals surface area contributed by atoms with Crippen LogP contribution in [0.5, 0.6) is 5.75 Å². The molecular formula is C22H18N6O3. The van der Waals surface area contributed by atoms with Crippen molar-refractivity contribution in [3.63, 3.8) is 0 Å². The van der Waals surface area contributed by atoms with Gasteiger partial charge in [-0.25, -0.2) is 9.67 Å². The summed E-state index contributed by atoms with van der Waals surface area (Å²) >= 11 is 0. The van der Waals surface area contributed by atoms with E-state index >= 15 is 0 Å². The van der Waals surface area contributed by atoms with Gasteiger partial charge in [0.15, 0.2) is 5.65 Å². The van der Waals surface area contributed by atoms with Crippen LogP contribution in [0.1, 0.15) is 11.5 Å². The van der Waals surface area contributed by atoms with Gasteiger partial charge < -0.3 is 9.26 Å². The fourth-order valence-corrected chi connectivity index (χ4v) is 3.37. The second-order valence-corrected chi connectivity index (χ2v) is 7.00. The van der Waals surface area contributed by atoms with Crippen LogP contribution in [0.3, 0.4) is 0 Å². The Balaban J connectivity index is 1.46. The normalized spacial score (nSPS) is 11.2. The van der Waals surface area contributed by atoms with E-state index in [2.05, 4.69) is 20.2 Å². The van der Waals surface area contributed by atoms with Crippen molar-refractivity contribution in [2.75, 3.05) is 7.11 Å². The molecule has 0 spiro atoms. The first kappa shape index (κ1) is 18.7. The zero-order valence-electron chi connectivity index (χ0n) is 16.9. The molecule has 0 aliphatic heterocycles. The molecule has 9 nitrogen and oxygen atoms in total. The van der Waals surface area contributed by atoms with Gasteiger partial charge in [0.2, 0.25) is 11.7 Å². The first-order chi connectivity index (χ1) is 15.1. The molecule has 5 aromatic rings. The van der Waals surface area contributed by atoms with Gasteiger partial charge in [0.25, 0.3) is 5.56 Å². The van der Waals surface area contributed by atoms with Gasteiger partial charge in [-0.2, -0.15) is 10.1 Å². The summed E-state index contributed by atoms with van der Waals surface area (Å²) in [6.07, 6.45) is 2.97. The molecule has 0 radical (unpaired) electrons. The molecule has 3 heterocycles. The smallest absolute Gasteiger partial charge is 0.264 e. The SMILES string of the molecule is COc1ccc(-n2ncc3c(=O)n(Cc4nc(-c5ccccc5C)no4)cnc32)cc1. The van der Waals surface area contributed by atoms with Crippen LogP contribution in [0.2, 0.25) is 0 Å². The Morgan fingerprint density at radius 1 is 1.10 bits per heavy atom. The zero-order chi connectivity index (χ0) is 21.4. The van der Waals surface area contributed by atoms with E-state index < -0.39 is 0 Å². The Morgan fingerprint density at radius 3 is 2.68 bits per heavy atom. The van der Waals surface area contributed by atoms with Crippen LogP contribution in [-0.2, 0) is 6.54 Å². The highest BCUT2D eigenvalue weighted by Gasteiger charge is 2.15. The molecule has 0 unspecified atom stereocenters. The molecule has 9 heteroatoms. The lowest BCUT2D eigenvalue weighted by Gasteiger charge is -2.05. The maximum Gasteiger partial charge on any atom is 0.264 e. The van der Waals surface area contributed by atoms with Crippen LogP contribution < -0.4 is 10.3 Å². The van der Waals surface area contributed by atoms with E-state index in [1.807, 2.05) is 55.5 Å². The molecule has 0 saturated heterocycles. The number of hydrogen-bond donors (Lipinski definition) is 0. The van der Waals surface area contributed by atoms with E-state index in [0.29, 0.717) is 22.7 Å². The summed E-state index contributed by atoms with van der Waals surface area (Å²) in [5, 5.41) is 8.78. The summed E-state index contributed by atoms with van der Waals surface area (Å²) < 4.78 is 13.6. The maximum absolute atomic E-state index is 13.0. The molecule has 5 rings (SSSR count). The zero-order valence-corrected chi connectivity index (χ0v) is 16.9. The van der Waals surface area contributed by atoms with Crippen LogP contribution >= 0.6 is 0 Å². The summed E-state index contributed by atoms with van der Waals surface area (Å²) in [5.74, 6) is 1.55. The quantitative estimate of drug-likeness (QED) is 0.436. The number of aryl methyl sites for hydroxylation is 1. The van der Waals surface area contributed by atoms with Gasteiger partial charge in [0.1, 0.15) is 24.0 Å². The van der Waals surface area contributed by atoms with E-state index in [-0.39, 0.29) is 12.1 Å². The lowest BCUT2D eigenvalue weighted by Crippen LogP contribution is -2.21. The molecule has 0 atom stereocenters. The average molecular weight is 414 g/mol. The lowest BCUT2D eigenvalue weighted by molar-refractivity contribution is 0.369. The van der Waals surface area contributed by atoms with Crippen molar-refractivity contribution < 1.29 is 9.26 Å². The average Bonchev–Trinajstić information content (AvgIpc) is 3.44. The van der Waals surface area contributed by atoms with Crippen LogP contribution in [0, 0.1) is 6.92 Å². The van der Waals surface area contributed by atoms with Gasteiger partial charge >= 0.3 is 0 Å². The van der Waals surface area contributed by atoms with Crippen molar-refractivity contribution in [1.82, 2.24) is 29.5 Å². The Morgan fingerprint density at radius 2 is 1.90 bits per heavy atom. The summed E-state index contributed by atoms with van der Waals surface area (Å²) in [5.41, 5.74) is 2.94. The van der Waals surface area contributed by atoms with E-state index in [0.717, 1.165) is 22.6 Å². The van der Waals surface area contributed by atoms with E-state index in [4.69, 9.17) is 9.26 Å². The van der Waals surface area contributed by atoms with Crippen molar-refractivity contribution in [1.29, 1.82) is 0 Å². The van der Waals surface area contributed by atoms with Crippen molar-refractivity contribution in [3.05, 3.63) is 82.9 Å². The largest absolute Gasteiger partial charge is 0.497 e. The fraction of sp³-hybridized carbons (Fsp3) is 0.136. The third-order valence-corrected chi connectivity index (χ3v) is 5.03. The predicted octanol–water partition coefficient (Wildman–Crippen LogP) is 3.00. The van der Waals surface area contributed by atoms with Gasteiger partial charge in [-0.15, -0.1) is 0 Å². The molecule has 0 bridgehead atoms. The summed E-state index contributed by atoms with van der Waals surface area (Å²) in [6, 6.07) is 15.1. The summed E-state index contributed by atoms with van der Waals surface area (Å²) in [4.78, 5) is 21.8. The minimum Gasteiger partial charge on any atom is -0.497 e. The van der Waals surface area contributed by atoms with Crippen molar-refractivity contribution in [3.8, 4) is 22.8 Å². The number of fused-ring (bicyclic) bond motifs is 1. The van der Waals surface area contributed by atoms with Gasteiger partial charge in [-0.05, 0) is 36.8 Å². The molecule has 3 aromatic heterocycles. The van der Waals surface area contributed by atoms with Crippen molar-refractivity contribution >= 4 is 11.0 Å². The number of rotatable bonds is 5. The molecule has 0 N–H and O–H groups in total. The van der Waals surface area contributed by atoms with Crippen LogP contribution in [0.15, 0.2) is 70.4 Å². The number of ether oxygens (including phenoxy) is 1. The minimum absolute atomic E-state index is 0.119. The lowest BCUT2D eigenvalue weighted by atomic mass is 10.1. The van der Waals surface area contributed by atoms with Crippen molar-refractivity contribution in [2.45, 2.75) is 13.5 Å². The van der Waals surface area contributed by atoms with Crippen molar-refractivity contribution in [2.24, 2.45) is 0 Å². The number of aromatic nitrogens is 6. The number of nitrogens with zero attached hydrogens (tertiary/aromatic N) is 6. The van der Waals surface area contributed by atoms with Gasteiger partial charge in [0.05, 0.1) is 19.0 Å². The molecule has 0 saturated carbocycles. The van der Waals surface area contributed by atoms with Crippen LogP contribution in [0.25, 0.3) is 28.1 Å². The molecule has 0 amide bonds. The third-order valence-electron chi connectivity index (χ3n) is 5.03. The molecule has 0 aliphatic rings. The molecule has 31 heavy (non-hydrogen) atoms. The van der Waals surface area contributed by atoms with Crippen LogP contribution in [-0.4, -0.2) is 36.6 Å². The molecule has 154 valence electrons. The highest BCUT2D eigenvalue weighted by atomic mass is 16.5. The highest BCUT2D eigenvalue weighted by Crippen LogP contribution is 2.20. The second kappa shape index (κ2) is 7.52. The highest BCUT2D eigenvalue weighted by molar-refractivity contribution is 5.75. The number of benzene rings is 2. The maximum atomic E-state index is 13.0. The van der Waals surface area contributed by atoms with Gasteiger partial charge in [-0.1, -0.05) is 29.4 Å². The van der Waals surface area contributed by atoms with Gasteiger partial charge in [0, 0.05) is 5.56 Å². The summed E-state index contributed by atoms with van der Waals surface area (Å²) in [7, 11) is 1.61. The van der Waals surface area contributed by atoms with Crippen LogP contribution in [0.4, 0.5) is 0 Å². The minimum atomic E-state index is -0.236. The molecule has 2 aromatic carbocycles. The van der Waals surface area contributed by atoms with E-state index in [1.54, 1.807) is 11.8 Å². The Labute approximate surface area is 176 Å². The Kier molecular flexibility index (Phi) is 4.55. The third kappa shape index (κ3) is 3.35. The Hall–Kier alpha value is -4.27. The second-order valence-electron chi connectivity index (χ2n) is 7.00. The summed E-state index contributed by atoms with van der Waals surface area (Å²) in [6.45, 7) is 2.10. The fourth-order valence-electron chi connectivity index (χ4n) is 3.37. The standard InChI is InChI=1S/C22H18N6O3/c1-14-5-3-4-6-17(14)20-25-19(31-26-20)12-27-13-23-21-18(22(27)29)11-24-28(21)15-7-9-16(30-2)10-8-15/h3-11,13H,12H2,1-2H3. The number of methoxy groups -OCH3 is 1.